The lowest BCUT2D eigenvalue weighted by Gasteiger charge is -2.27. The summed E-state index contributed by atoms with van der Waals surface area (Å²) in [6.07, 6.45) is -0.440. The number of carbonyl (C=O) groups excluding carboxylic acids is 1. The summed E-state index contributed by atoms with van der Waals surface area (Å²) in [4.78, 5) is 11.8. The Bertz CT molecular complexity index is 463. The van der Waals surface area contributed by atoms with E-state index in [-0.39, 0.29) is 11.8 Å². The van der Waals surface area contributed by atoms with Crippen molar-refractivity contribution in [3.05, 3.63) is 28.7 Å². The van der Waals surface area contributed by atoms with Crippen LogP contribution in [0.1, 0.15) is 20.3 Å². The summed E-state index contributed by atoms with van der Waals surface area (Å²) < 4.78 is -0.770. The second kappa shape index (κ2) is 7.74. The summed E-state index contributed by atoms with van der Waals surface area (Å²) >= 11 is 21.1. The molecule has 0 aliphatic carbocycles. The Kier molecular flexibility index (Phi) is 6.92. The number of carbonyl (C=O) groups is 1. The summed E-state index contributed by atoms with van der Waals surface area (Å²) in [5, 5.41) is 5.70. The van der Waals surface area contributed by atoms with Crippen molar-refractivity contribution in [2.45, 2.75) is 30.2 Å². The molecular weight excluding hydrogens is 386 g/mol. The van der Waals surface area contributed by atoms with Crippen molar-refractivity contribution in [3.8, 4) is 0 Å². The van der Waals surface area contributed by atoms with Gasteiger partial charge in [0, 0.05) is 16.6 Å². The highest BCUT2D eigenvalue weighted by Crippen LogP contribution is 2.31. The van der Waals surface area contributed by atoms with Gasteiger partial charge in [-0.15, -0.1) is 0 Å². The van der Waals surface area contributed by atoms with Gasteiger partial charge in [-0.2, -0.15) is 0 Å². The zero-order chi connectivity index (χ0) is 15.3. The van der Waals surface area contributed by atoms with Gasteiger partial charge in [0.1, 0.15) is 6.17 Å². The highest BCUT2D eigenvalue weighted by Gasteiger charge is 2.34. The molecule has 112 valence electrons. The van der Waals surface area contributed by atoms with Crippen molar-refractivity contribution in [1.82, 2.24) is 5.32 Å². The average molecular weight is 403 g/mol. The quantitative estimate of drug-likeness (QED) is 0.553. The molecule has 0 bridgehead atoms. The lowest BCUT2D eigenvalue weighted by atomic mass is 10.1. The minimum atomic E-state index is -1.66. The normalized spacial score (nSPS) is 13.2. The van der Waals surface area contributed by atoms with Gasteiger partial charge in [0.25, 0.3) is 0 Å². The standard InChI is InChI=1S/C13H16BrCl3N2O/c1-8(2)6-11(20)19-12(13(15,16)17)18-10-5-3-4-9(14)7-10/h3-5,7-8,12,18H,6H2,1-2H3,(H,19,20)/t12-/m0/s1. The molecule has 0 aliphatic heterocycles. The van der Waals surface area contributed by atoms with Crippen molar-refractivity contribution in [1.29, 1.82) is 0 Å². The van der Waals surface area contributed by atoms with Crippen LogP contribution in [0.4, 0.5) is 5.69 Å². The van der Waals surface area contributed by atoms with Crippen molar-refractivity contribution < 1.29 is 4.79 Å². The topological polar surface area (TPSA) is 41.1 Å². The van der Waals surface area contributed by atoms with Gasteiger partial charge in [0.15, 0.2) is 0 Å². The monoisotopic (exact) mass is 400 g/mol. The van der Waals surface area contributed by atoms with E-state index in [1.165, 1.54) is 0 Å². The molecule has 0 fully saturated rings. The van der Waals surface area contributed by atoms with E-state index in [4.69, 9.17) is 34.8 Å². The van der Waals surface area contributed by atoms with Gasteiger partial charge in [0.05, 0.1) is 0 Å². The lowest BCUT2D eigenvalue weighted by Crippen LogP contribution is -2.49. The van der Waals surface area contributed by atoms with E-state index >= 15 is 0 Å². The van der Waals surface area contributed by atoms with E-state index < -0.39 is 9.96 Å². The molecule has 0 radical (unpaired) electrons. The predicted molar refractivity (Wildman–Crippen MR) is 89.4 cm³/mol. The molecule has 7 heteroatoms. The summed E-state index contributed by atoms with van der Waals surface area (Å²) in [6.45, 7) is 3.90. The number of hydrogen-bond donors (Lipinski definition) is 2. The number of amides is 1. The van der Waals surface area contributed by atoms with Crippen LogP contribution in [0, 0.1) is 5.92 Å². The van der Waals surface area contributed by atoms with Gasteiger partial charge in [-0.25, -0.2) is 0 Å². The molecule has 1 atom stereocenters. The minimum absolute atomic E-state index is 0.168. The Morgan fingerprint density at radius 3 is 2.50 bits per heavy atom. The highest BCUT2D eigenvalue weighted by molar-refractivity contribution is 9.10. The number of alkyl halides is 3. The van der Waals surface area contributed by atoms with Gasteiger partial charge in [-0.05, 0) is 24.1 Å². The maximum absolute atomic E-state index is 11.8. The third-order valence-corrected chi connectivity index (χ3v) is 3.51. The second-order valence-corrected chi connectivity index (χ2v) is 8.08. The van der Waals surface area contributed by atoms with E-state index in [0.29, 0.717) is 6.42 Å². The Morgan fingerprint density at radius 2 is 2.00 bits per heavy atom. The Hall–Kier alpha value is -0.160. The number of hydrogen-bond acceptors (Lipinski definition) is 2. The van der Waals surface area contributed by atoms with Gasteiger partial charge in [-0.1, -0.05) is 70.6 Å². The summed E-state index contributed by atoms with van der Waals surface area (Å²) in [5.41, 5.74) is 0.737. The van der Waals surface area contributed by atoms with Crippen LogP contribution in [-0.4, -0.2) is 15.9 Å². The van der Waals surface area contributed by atoms with Gasteiger partial charge < -0.3 is 10.6 Å². The largest absolute Gasteiger partial charge is 0.362 e. The number of halogens is 4. The number of anilines is 1. The molecule has 1 rings (SSSR count). The van der Waals surface area contributed by atoms with E-state index in [1.54, 1.807) is 0 Å². The molecule has 3 nitrogen and oxygen atoms in total. The Balaban J connectivity index is 2.78. The molecule has 0 saturated heterocycles. The van der Waals surface area contributed by atoms with Crippen LogP contribution in [-0.2, 0) is 4.79 Å². The first-order valence-electron chi connectivity index (χ1n) is 6.06. The number of benzene rings is 1. The number of rotatable bonds is 5. The fraction of sp³-hybridized carbons (Fsp3) is 0.462. The lowest BCUT2D eigenvalue weighted by molar-refractivity contribution is -0.122. The predicted octanol–water partition coefficient (Wildman–Crippen LogP) is 4.72. The van der Waals surface area contributed by atoms with E-state index in [1.807, 2.05) is 38.1 Å². The van der Waals surface area contributed by atoms with E-state index in [9.17, 15) is 4.79 Å². The van der Waals surface area contributed by atoms with Crippen LogP contribution in [0.5, 0.6) is 0 Å². The van der Waals surface area contributed by atoms with Crippen molar-refractivity contribution in [3.63, 3.8) is 0 Å². The molecule has 0 heterocycles. The van der Waals surface area contributed by atoms with Crippen LogP contribution < -0.4 is 10.6 Å². The highest BCUT2D eigenvalue weighted by atomic mass is 79.9. The maximum atomic E-state index is 11.8. The number of nitrogens with one attached hydrogen (secondary N) is 2. The third kappa shape index (κ3) is 6.53. The van der Waals surface area contributed by atoms with Gasteiger partial charge in [0.2, 0.25) is 9.70 Å². The molecular formula is C13H16BrCl3N2O. The molecule has 0 unspecified atom stereocenters. The van der Waals surface area contributed by atoms with Crippen LogP contribution in [0.3, 0.4) is 0 Å². The van der Waals surface area contributed by atoms with Crippen LogP contribution >= 0.6 is 50.7 Å². The third-order valence-electron chi connectivity index (χ3n) is 2.36. The van der Waals surface area contributed by atoms with Gasteiger partial charge >= 0.3 is 0 Å². The van der Waals surface area contributed by atoms with Gasteiger partial charge in [-0.3, -0.25) is 4.79 Å². The van der Waals surface area contributed by atoms with Crippen molar-refractivity contribution >= 4 is 62.3 Å². The molecule has 2 N–H and O–H groups in total. The first-order valence-corrected chi connectivity index (χ1v) is 7.99. The maximum Gasteiger partial charge on any atom is 0.228 e. The fourth-order valence-electron chi connectivity index (χ4n) is 1.54. The SMILES string of the molecule is CC(C)CC(=O)N[C@H](Nc1cccc(Br)c1)C(Cl)(Cl)Cl. The molecule has 0 spiro atoms. The zero-order valence-electron chi connectivity index (χ0n) is 11.1. The van der Waals surface area contributed by atoms with Crippen LogP contribution in [0.2, 0.25) is 0 Å². The molecule has 20 heavy (non-hydrogen) atoms. The Morgan fingerprint density at radius 1 is 1.35 bits per heavy atom. The summed E-state index contributed by atoms with van der Waals surface area (Å²) in [5.74, 6) is 0.0655. The summed E-state index contributed by atoms with van der Waals surface area (Å²) in [6, 6.07) is 7.38. The first-order chi connectivity index (χ1) is 9.18. The second-order valence-electron chi connectivity index (χ2n) is 4.79. The zero-order valence-corrected chi connectivity index (χ0v) is 14.9. The minimum Gasteiger partial charge on any atom is -0.362 e. The molecule has 1 aromatic carbocycles. The fourth-order valence-corrected chi connectivity index (χ4v) is 2.26. The molecule has 0 saturated carbocycles. The smallest absolute Gasteiger partial charge is 0.228 e. The summed E-state index contributed by atoms with van der Waals surface area (Å²) in [7, 11) is 0. The first kappa shape index (κ1) is 17.9. The van der Waals surface area contributed by atoms with Crippen LogP contribution in [0.25, 0.3) is 0 Å². The van der Waals surface area contributed by atoms with Crippen LogP contribution in [0.15, 0.2) is 28.7 Å². The molecule has 0 aliphatic rings. The van der Waals surface area contributed by atoms with E-state index in [0.717, 1.165) is 10.2 Å². The average Bonchev–Trinajstić information content (AvgIpc) is 2.25. The van der Waals surface area contributed by atoms with Crippen molar-refractivity contribution in [2.24, 2.45) is 5.92 Å². The van der Waals surface area contributed by atoms with Crippen molar-refractivity contribution in [2.75, 3.05) is 5.32 Å². The Labute approximate surface area is 142 Å². The molecule has 1 amide bonds. The molecule has 1 aromatic rings. The molecule has 0 aromatic heterocycles. The van der Waals surface area contributed by atoms with E-state index in [2.05, 4.69) is 26.6 Å².